The van der Waals surface area contributed by atoms with E-state index in [4.69, 9.17) is 0 Å². The maximum Gasteiger partial charge on any atom is 0.262 e. The van der Waals surface area contributed by atoms with E-state index in [0.717, 1.165) is 11.1 Å². The predicted octanol–water partition coefficient (Wildman–Crippen LogP) is 3.35. The van der Waals surface area contributed by atoms with Gasteiger partial charge in [-0.25, -0.2) is 0 Å². The first kappa shape index (κ1) is 12.6. The number of amides is 2. The van der Waals surface area contributed by atoms with Crippen LogP contribution in [0.4, 0.5) is 0 Å². The van der Waals surface area contributed by atoms with Crippen molar-refractivity contribution in [3.63, 3.8) is 0 Å². The van der Waals surface area contributed by atoms with Gasteiger partial charge in [0.05, 0.1) is 17.2 Å². The number of carbonyl (C=O) groups is 2. The lowest BCUT2D eigenvalue weighted by atomic mass is 10.1. The van der Waals surface area contributed by atoms with Gasteiger partial charge in [0.2, 0.25) is 0 Å². The number of nitrogens with zero attached hydrogens (tertiary/aromatic N) is 1. The normalized spacial score (nSPS) is 15.4. The molecule has 3 nitrogen and oxygen atoms in total. The molecule has 3 heteroatoms. The van der Waals surface area contributed by atoms with Crippen LogP contribution in [0, 0.1) is 6.92 Å². The van der Waals surface area contributed by atoms with Gasteiger partial charge in [0, 0.05) is 0 Å². The first-order valence-corrected chi connectivity index (χ1v) is 6.63. The summed E-state index contributed by atoms with van der Waals surface area (Å²) in [6, 6.07) is 14.6. The molecule has 100 valence electrons. The van der Waals surface area contributed by atoms with E-state index in [1.54, 1.807) is 24.3 Å². The Morgan fingerprint density at radius 2 is 1.35 bits per heavy atom. The second-order valence-corrected chi connectivity index (χ2v) is 5.11. The van der Waals surface area contributed by atoms with Crippen molar-refractivity contribution in [1.82, 2.24) is 4.90 Å². The number of hydrogen-bond donors (Lipinski definition) is 0. The van der Waals surface area contributed by atoms with Crippen molar-refractivity contribution in [3.8, 4) is 0 Å². The number of benzene rings is 2. The van der Waals surface area contributed by atoms with Crippen LogP contribution in [0.15, 0.2) is 48.5 Å². The van der Waals surface area contributed by atoms with E-state index in [2.05, 4.69) is 0 Å². The van der Waals surface area contributed by atoms with Gasteiger partial charge < -0.3 is 0 Å². The molecule has 0 spiro atoms. The topological polar surface area (TPSA) is 37.4 Å². The smallest absolute Gasteiger partial charge is 0.262 e. The largest absolute Gasteiger partial charge is 0.269 e. The fourth-order valence-electron chi connectivity index (χ4n) is 2.55. The zero-order valence-electron chi connectivity index (χ0n) is 11.5. The van der Waals surface area contributed by atoms with Crippen LogP contribution >= 0.6 is 0 Å². The van der Waals surface area contributed by atoms with Crippen LogP contribution in [-0.2, 0) is 0 Å². The maximum atomic E-state index is 12.4. The minimum absolute atomic E-state index is 0.210. The van der Waals surface area contributed by atoms with Gasteiger partial charge in [-0.05, 0) is 31.5 Å². The highest BCUT2D eigenvalue weighted by molar-refractivity contribution is 6.21. The third-order valence-corrected chi connectivity index (χ3v) is 3.77. The Bertz CT molecular complexity index is 653. The van der Waals surface area contributed by atoms with Crippen LogP contribution in [0.3, 0.4) is 0 Å². The van der Waals surface area contributed by atoms with Crippen LogP contribution in [0.1, 0.15) is 44.8 Å². The molecule has 1 unspecified atom stereocenters. The summed E-state index contributed by atoms with van der Waals surface area (Å²) < 4.78 is 0. The zero-order chi connectivity index (χ0) is 14.3. The van der Waals surface area contributed by atoms with Crippen LogP contribution in [0.5, 0.6) is 0 Å². The van der Waals surface area contributed by atoms with Gasteiger partial charge in [0.1, 0.15) is 0 Å². The first-order chi connectivity index (χ1) is 9.59. The van der Waals surface area contributed by atoms with Gasteiger partial charge in [-0.3, -0.25) is 14.5 Å². The summed E-state index contributed by atoms with van der Waals surface area (Å²) in [5.41, 5.74) is 3.11. The molecule has 0 bridgehead atoms. The van der Waals surface area contributed by atoms with E-state index < -0.39 is 0 Å². The van der Waals surface area contributed by atoms with Crippen molar-refractivity contribution >= 4 is 11.8 Å². The molecule has 0 fully saturated rings. The summed E-state index contributed by atoms with van der Waals surface area (Å²) in [4.78, 5) is 26.1. The van der Waals surface area contributed by atoms with Crippen molar-refractivity contribution in [1.29, 1.82) is 0 Å². The highest BCUT2D eigenvalue weighted by Gasteiger charge is 2.38. The second kappa shape index (κ2) is 4.60. The quantitative estimate of drug-likeness (QED) is 0.781. The summed E-state index contributed by atoms with van der Waals surface area (Å²) in [7, 11) is 0. The average molecular weight is 265 g/mol. The Kier molecular flexibility index (Phi) is 2.90. The predicted molar refractivity (Wildman–Crippen MR) is 76.5 cm³/mol. The van der Waals surface area contributed by atoms with Crippen molar-refractivity contribution in [2.24, 2.45) is 0 Å². The van der Waals surface area contributed by atoms with Crippen LogP contribution < -0.4 is 0 Å². The second-order valence-electron chi connectivity index (χ2n) is 5.11. The number of imide groups is 1. The molecule has 1 heterocycles. The number of rotatable bonds is 2. The number of carbonyl (C=O) groups excluding carboxylic acids is 2. The van der Waals surface area contributed by atoms with E-state index in [-0.39, 0.29) is 17.9 Å². The summed E-state index contributed by atoms with van der Waals surface area (Å²) in [6.45, 7) is 3.89. The fraction of sp³-hybridized carbons (Fsp3) is 0.176. The van der Waals surface area contributed by atoms with Crippen molar-refractivity contribution in [3.05, 3.63) is 70.8 Å². The molecular weight excluding hydrogens is 250 g/mol. The Morgan fingerprint density at radius 1 is 0.850 bits per heavy atom. The van der Waals surface area contributed by atoms with Crippen LogP contribution in [0.2, 0.25) is 0 Å². The molecule has 0 aliphatic carbocycles. The van der Waals surface area contributed by atoms with Gasteiger partial charge in [-0.15, -0.1) is 0 Å². The highest BCUT2D eigenvalue weighted by atomic mass is 16.2. The minimum Gasteiger partial charge on any atom is -0.269 e. The molecule has 0 saturated heterocycles. The highest BCUT2D eigenvalue weighted by Crippen LogP contribution is 2.30. The Morgan fingerprint density at radius 3 is 1.85 bits per heavy atom. The molecule has 1 aliphatic rings. The molecule has 0 aromatic heterocycles. The number of hydrogen-bond acceptors (Lipinski definition) is 2. The number of fused-ring (bicyclic) bond motifs is 1. The van der Waals surface area contributed by atoms with E-state index >= 15 is 0 Å². The molecule has 2 amide bonds. The van der Waals surface area contributed by atoms with Gasteiger partial charge >= 0.3 is 0 Å². The summed E-state index contributed by atoms with van der Waals surface area (Å²) >= 11 is 0. The molecule has 1 aliphatic heterocycles. The fourth-order valence-corrected chi connectivity index (χ4v) is 2.55. The van der Waals surface area contributed by atoms with E-state index in [1.165, 1.54) is 4.90 Å². The van der Waals surface area contributed by atoms with E-state index in [1.807, 2.05) is 38.1 Å². The van der Waals surface area contributed by atoms with Gasteiger partial charge in [-0.2, -0.15) is 0 Å². The minimum atomic E-state index is -0.261. The van der Waals surface area contributed by atoms with E-state index in [0.29, 0.717) is 11.1 Å². The maximum absolute atomic E-state index is 12.4. The molecular formula is C17H15NO2. The number of aryl methyl sites for hydroxylation is 1. The summed E-state index contributed by atoms with van der Waals surface area (Å²) in [5, 5.41) is 0. The van der Waals surface area contributed by atoms with Crippen molar-refractivity contribution < 1.29 is 9.59 Å². The van der Waals surface area contributed by atoms with E-state index in [9.17, 15) is 9.59 Å². The summed E-state index contributed by atoms with van der Waals surface area (Å²) in [6.07, 6.45) is 0. The Hall–Kier alpha value is -2.42. The molecule has 20 heavy (non-hydrogen) atoms. The molecule has 0 N–H and O–H groups in total. The van der Waals surface area contributed by atoms with Gasteiger partial charge in [-0.1, -0.05) is 42.0 Å². The zero-order valence-corrected chi connectivity index (χ0v) is 11.5. The molecule has 0 radical (unpaired) electrons. The van der Waals surface area contributed by atoms with Gasteiger partial charge in [0.25, 0.3) is 11.8 Å². The van der Waals surface area contributed by atoms with Crippen molar-refractivity contribution in [2.45, 2.75) is 19.9 Å². The Balaban J connectivity index is 1.98. The molecule has 1 atom stereocenters. The standard InChI is InChI=1S/C17H15NO2/c1-11-7-9-13(10-8-11)12(2)18-16(19)14-5-3-4-6-15(14)17(18)20/h3-10,12H,1-2H3. The SMILES string of the molecule is Cc1ccc(C(C)N2C(=O)c3ccccc3C2=O)cc1. The average Bonchev–Trinajstić information content (AvgIpc) is 2.72. The monoisotopic (exact) mass is 265 g/mol. The lowest BCUT2D eigenvalue weighted by Gasteiger charge is -2.23. The third kappa shape index (κ3) is 1.83. The van der Waals surface area contributed by atoms with Crippen LogP contribution in [0.25, 0.3) is 0 Å². The molecule has 2 aromatic carbocycles. The molecule has 2 aromatic rings. The third-order valence-electron chi connectivity index (χ3n) is 3.77. The molecule has 3 rings (SSSR count). The first-order valence-electron chi connectivity index (χ1n) is 6.63. The molecule has 0 saturated carbocycles. The Labute approximate surface area is 117 Å². The lowest BCUT2D eigenvalue weighted by Crippen LogP contribution is -2.32. The van der Waals surface area contributed by atoms with Gasteiger partial charge in [0.15, 0.2) is 0 Å². The summed E-state index contributed by atoms with van der Waals surface area (Å²) in [5.74, 6) is -0.419. The van der Waals surface area contributed by atoms with Crippen molar-refractivity contribution in [2.75, 3.05) is 0 Å². The van der Waals surface area contributed by atoms with Crippen LogP contribution in [-0.4, -0.2) is 16.7 Å². The lowest BCUT2D eigenvalue weighted by molar-refractivity contribution is 0.0595.